The van der Waals surface area contributed by atoms with E-state index in [1.807, 2.05) is 12.1 Å². The number of nitrogens with zero attached hydrogens (tertiary/aromatic N) is 3. The van der Waals surface area contributed by atoms with Crippen LogP contribution in [0.3, 0.4) is 0 Å². The Labute approximate surface area is 117 Å². The van der Waals surface area contributed by atoms with Gasteiger partial charge in [0.2, 0.25) is 0 Å². The Hall–Kier alpha value is -2.31. The van der Waals surface area contributed by atoms with Crippen LogP contribution in [0.1, 0.15) is 5.56 Å². The summed E-state index contributed by atoms with van der Waals surface area (Å²) in [5.41, 5.74) is 1.12. The van der Waals surface area contributed by atoms with Gasteiger partial charge in [0.1, 0.15) is 0 Å². The van der Waals surface area contributed by atoms with E-state index in [0.29, 0.717) is 32.7 Å². The minimum Gasteiger partial charge on any atom is -0.465 e. The van der Waals surface area contributed by atoms with Crippen molar-refractivity contribution in [3.05, 3.63) is 30.1 Å². The normalized spacial score (nSPS) is 15.0. The van der Waals surface area contributed by atoms with Gasteiger partial charge in [-0.15, -0.1) is 0 Å². The molecule has 7 nitrogen and oxygen atoms in total. The molecule has 0 aliphatic carbocycles. The van der Waals surface area contributed by atoms with Crippen molar-refractivity contribution in [3.63, 3.8) is 0 Å². The molecular formula is C13H18N4O3. The number of carboxylic acid groups (broad SMARTS) is 1. The maximum atomic E-state index is 11.9. The second-order valence-corrected chi connectivity index (χ2v) is 4.59. The van der Waals surface area contributed by atoms with Crippen LogP contribution in [0.25, 0.3) is 0 Å². The first-order valence-corrected chi connectivity index (χ1v) is 6.56. The van der Waals surface area contributed by atoms with Crippen molar-refractivity contribution in [2.24, 2.45) is 0 Å². The lowest BCUT2D eigenvalue weighted by atomic mass is 10.2. The van der Waals surface area contributed by atoms with E-state index < -0.39 is 6.09 Å². The number of aromatic nitrogens is 1. The molecule has 2 rings (SSSR count). The fourth-order valence-corrected chi connectivity index (χ4v) is 2.08. The number of carbonyl (C=O) groups excluding carboxylic acids is 1. The Kier molecular flexibility index (Phi) is 4.75. The summed E-state index contributed by atoms with van der Waals surface area (Å²) < 4.78 is 0. The number of urea groups is 1. The fourth-order valence-electron chi connectivity index (χ4n) is 2.08. The van der Waals surface area contributed by atoms with Gasteiger partial charge in [-0.2, -0.15) is 0 Å². The second-order valence-electron chi connectivity index (χ2n) is 4.59. The standard InChI is InChI=1S/C13H18N4O3/c18-12(15-6-3-11-1-4-14-5-2-11)16-7-9-17(10-8-16)13(19)20/h1-2,4-5H,3,6-10H2,(H,15,18)(H,19,20). The number of carbonyl (C=O) groups is 2. The van der Waals surface area contributed by atoms with Gasteiger partial charge in [0.15, 0.2) is 0 Å². The average Bonchev–Trinajstić information content (AvgIpc) is 2.48. The topological polar surface area (TPSA) is 85.8 Å². The van der Waals surface area contributed by atoms with E-state index in [-0.39, 0.29) is 6.03 Å². The number of amides is 3. The summed E-state index contributed by atoms with van der Waals surface area (Å²) in [6, 6.07) is 3.69. The third-order valence-electron chi connectivity index (χ3n) is 3.28. The molecule has 7 heteroatoms. The Morgan fingerprint density at radius 1 is 1.15 bits per heavy atom. The highest BCUT2D eigenvalue weighted by molar-refractivity contribution is 5.74. The quantitative estimate of drug-likeness (QED) is 0.849. The van der Waals surface area contributed by atoms with E-state index in [4.69, 9.17) is 5.11 Å². The Balaban J connectivity index is 1.69. The van der Waals surface area contributed by atoms with Crippen molar-refractivity contribution >= 4 is 12.1 Å². The van der Waals surface area contributed by atoms with Crippen LogP contribution in [0.5, 0.6) is 0 Å². The number of hydrogen-bond donors (Lipinski definition) is 2. The van der Waals surface area contributed by atoms with E-state index >= 15 is 0 Å². The van der Waals surface area contributed by atoms with E-state index in [0.717, 1.165) is 12.0 Å². The van der Waals surface area contributed by atoms with Gasteiger partial charge in [-0.3, -0.25) is 4.98 Å². The highest BCUT2D eigenvalue weighted by Crippen LogP contribution is 2.02. The molecular weight excluding hydrogens is 260 g/mol. The van der Waals surface area contributed by atoms with Gasteiger partial charge < -0.3 is 20.2 Å². The summed E-state index contributed by atoms with van der Waals surface area (Å²) in [5, 5.41) is 11.7. The van der Waals surface area contributed by atoms with Crippen LogP contribution in [0.15, 0.2) is 24.5 Å². The van der Waals surface area contributed by atoms with Crippen LogP contribution in [0.2, 0.25) is 0 Å². The van der Waals surface area contributed by atoms with Crippen molar-refractivity contribution in [2.45, 2.75) is 6.42 Å². The van der Waals surface area contributed by atoms with Gasteiger partial charge in [0.05, 0.1) is 0 Å². The third-order valence-corrected chi connectivity index (χ3v) is 3.28. The molecule has 1 fully saturated rings. The molecule has 2 heterocycles. The fraction of sp³-hybridized carbons (Fsp3) is 0.462. The minimum absolute atomic E-state index is 0.135. The zero-order chi connectivity index (χ0) is 14.4. The van der Waals surface area contributed by atoms with Crippen molar-refractivity contribution in [1.82, 2.24) is 20.1 Å². The Morgan fingerprint density at radius 3 is 2.35 bits per heavy atom. The largest absolute Gasteiger partial charge is 0.465 e. The van der Waals surface area contributed by atoms with Gasteiger partial charge in [0, 0.05) is 45.1 Å². The van der Waals surface area contributed by atoms with Gasteiger partial charge in [-0.25, -0.2) is 9.59 Å². The molecule has 1 aliphatic rings. The molecule has 3 amide bonds. The monoisotopic (exact) mass is 278 g/mol. The number of pyridine rings is 1. The van der Waals surface area contributed by atoms with Gasteiger partial charge in [-0.05, 0) is 24.1 Å². The molecule has 108 valence electrons. The van der Waals surface area contributed by atoms with E-state index in [9.17, 15) is 9.59 Å². The maximum Gasteiger partial charge on any atom is 0.407 e. The smallest absolute Gasteiger partial charge is 0.407 e. The van der Waals surface area contributed by atoms with Gasteiger partial charge in [-0.1, -0.05) is 0 Å². The molecule has 1 aromatic rings. The predicted molar refractivity (Wildman–Crippen MR) is 72.5 cm³/mol. The summed E-state index contributed by atoms with van der Waals surface area (Å²) in [5.74, 6) is 0. The Bertz CT molecular complexity index is 458. The molecule has 0 unspecified atom stereocenters. The van der Waals surface area contributed by atoms with Crippen LogP contribution >= 0.6 is 0 Å². The van der Waals surface area contributed by atoms with Crippen molar-refractivity contribution in [1.29, 1.82) is 0 Å². The van der Waals surface area contributed by atoms with Crippen molar-refractivity contribution < 1.29 is 14.7 Å². The number of rotatable bonds is 3. The molecule has 0 aromatic carbocycles. The minimum atomic E-state index is -0.928. The summed E-state index contributed by atoms with van der Waals surface area (Å²) in [6.07, 6.45) is 3.27. The molecule has 0 saturated carbocycles. The second kappa shape index (κ2) is 6.74. The maximum absolute atomic E-state index is 11.9. The molecule has 0 radical (unpaired) electrons. The van der Waals surface area contributed by atoms with E-state index in [1.54, 1.807) is 17.3 Å². The zero-order valence-electron chi connectivity index (χ0n) is 11.2. The van der Waals surface area contributed by atoms with Gasteiger partial charge >= 0.3 is 12.1 Å². The van der Waals surface area contributed by atoms with Crippen molar-refractivity contribution in [3.8, 4) is 0 Å². The van der Waals surface area contributed by atoms with Crippen LogP contribution in [0.4, 0.5) is 9.59 Å². The van der Waals surface area contributed by atoms with Crippen LogP contribution in [0, 0.1) is 0 Å². The number of nitrogens with one attached hydrogen (secondary N) is 1. The van der Waals surface area contributed by atoms with Crippen molar-refractivity contribution in [2.75, 3.05) is 32.7 Å². The van der Waals surface area contributed by atoms with E-state index in [2.05, 4.69) is 10.3 Å². The molecule has 1 saturated heterocycles. The summed E-state index contributed by atoms with van der Waals surface area (Å²) in [7, 11) is 0. The lowest BCUT2D eigenvalue weighted by molar-refractivity contribution is 0.112. The lowest BCUT2D eigenvalue weighted by Crippen LogP contribution is -2.53. The Morgan fingerprint density at radius 2 is 1.75 bits per heavy atom. The first-order chi connectivity index (χ1) is 9.66. The predicted octanol–water partition coefficient (Wildman–Crippen LogP) is 0.629. The van der Waals surface area contributed by atoms with E-state index in [1.165, 1.54) is 4.90 Å². The lowest BCUT2D eigenvalue weighted by Gasteiger charge is -2.33. The SMILES string of the molecule is O=C(O)N1CCN(C(=O)NCCc2ccncc2)CC1. The molecule has 0 spiro atoms. The number of piperazine rings is 1. The van der Waals surface area contributed by atoms with Crippen LogP contribution in [-0.4, -0.2) is 64.7 Å². The summed E-state index contributed by atoms with van der Waals surface area (Å²) in [6.45, 7) is 2.17. The summed E-state index contributed by atoms with van der Waals surface area (Å²) in [4.78, 5) is 29.6. The molecule has 2 N–H and O–H groups in total. The number of hydrogen-bond acceptors (Lipinski definition) is 3. The van der Waals surface area contributed by atoms with Gasteiger partial charge in [0.25, 0.3) is 0 Å². The zero-order valence-corrected chi connectivity index (χ0v) is 11.2. The molecule has 20 heavy (non-hydrogen) atoms. The highest BCUT2D eigenvalue weighted by Gasteiger charge is 2.23. The third kappa shape index (κ3) is 3.84. The van der Waals surface area contributed by atoms with Crippen LogP contribution in [-0.2, 0) is 6.42 Å². The summed E-state index contributed by atoms with van der Waals surface area (Å²) >= 11 is 0. The first-order valence-electron chi connectivity index (χ1n) is 6.56. The molecule has 0 bridgehead atoms. The molecule has 0 atom stereocenters. The first kappa shape index (κ1) is 14.1. The molecule has 1 aliphatic heterocycles. The highest BCUT2D eigenvalue weighted by atomic mass is 16.4. The van der Waals surface area contributed by atoms with Crippen LogP contribution < -0.4 is 5.32 Å². The molecule has 1 aromatic heterocycles. The average molecular weight is 278 g/mol.